The van der Waals surface area contributed by atoms with Crippen molar-refractivity contribution < 1.29 is 9.84 Å². The molecule has 2 heteroatoms. The maximum Gasteiger partial charge on any atom is 0.125 e. The molecule has 1 aliphatic rings. The minimum atomic E-state index is -0.466. The van der Waals surface area contributed by atoms with Crippen LogP contribution in [0.3, 0.4) is 0 Å². The first-order valence-electron chi connectivity index (χ1n) is 7.08. The van der Waals surface area contributed by atoms with Crippen molar-refractivity contribution in [3.63, 3.8) is 0 Å². The number of benzene rings is 1. The van der Waals surface area contributed by atoms with Gasteiger partial charge in [0.05, 0.1) is 12.7 Å². The molecule has 2 nitrogen and oxygen atoms in total. The van der Waals surface area contributed by atoms with Crippen molar-refractivity contribution in [3.05, 3.63) is 29.3 Å². The Bertz CT molecular complexity index is 379. The van der Waals surface area contributed by atoms with Crippen LogP contribution in [0.1, 0.15) is 56.3 Å². The summed E-state index contributed by atoms with van der Waals surface area (Å²) in [6.45, 7) is 4.61. The van der Waals surface area contributed by atoms with Gasteiger partial charge in [-0.05, 0) is 37.8 Å². The second-order valence-electron chi connectivity index (χ2n) is 5.50. The molecule has 1 aromatic carbocycles. The summed E-state index contributed by atoms with van der Waals surface area (Å²) in [5, 5.41) is 9.73. The maximum absolute atomic E-state index is 9.73. The zero-order valence-electron chi connectivity index (χ0n) is 11.5. The van der Waals surface area contributed by atoms with Crippen molar-refractivity contribution in [2.75, 3.05) is 6.61 Å². The molecule has 0 amide bonds. The maximum atomic E-state index is 9.73. The van der Waals surface area contributed by atoms with Crippen LogP contribution in [-0.2, 0) is 0 Å². The van der Waals surface area contributed by atoms with Crippen LogP contribution in [0.25, 0.3) is 0 Å². The molecule has 0 radical (unpaired) electrons. The van der Waals surface area contributed by atoms with Crippen LogP contribution >= 0.6 is 0 Å². The highest BCUT2D eigenvalue weighted by Crippen LogP contribution is 2.29. The third-order valence-electron chi connectivity index (χ3n) is 3.88. The Kier molecular flexibility index (Phi) is 4.65. The molecular weight excluding hydrogens is 224 g/mol. The number of aliphatic hydroxyl groups is 1. The van der Waals surface area contributed by atoms with E-state index in [1.165, 1.54) is 31.2 Å². The Morgan fingerprint density at radius 1 is 1.33 bits per heavy atom. The fourth-order valence-corrected chi connectivity index (χ4v) is 2.75. The van der Waals surface area contributed by atoms with Crippen molar-refractivity contribution in [1.29, 1.82) is 0 Å². The monoisotopic (exact) mass is 248 g/mol. The first-order chi connectivity index (χ1) is 8.66. The second kappa shape index (κ2) is 6.24. The van der Waals surface area contributed by atoms with Crippen LogP contribution in [0.5, 0.6) is 5.75 Å². The van der Waals surface area contributed by atoms with Gasteiger partial charge in [0.2, 0.25) is 0 Å². The molecule has 1 aliphatic carbocycles. The van der Waals surface area contributed by atoms with E-state index in [0.717, 1.165) is 30.3 Å². The number of ether oxygens (including phenoxy) is 1. The Labute approximate surface area is 110 Å². The summed E-state index contributed by atoms with van der Waals surface area (Å²) in [6, 6.07) is 6.01. The zero-order valence-corrected chi connectivity index (χ0v) is 11.5. The van der Waals surface area contributed by atoms with Crippen LogP contribution in [-0.4, -0.2) is 11.7 Å². The van der Waals surface area contributed by atoms with Crippen molar-refractivity contribution >= 4 is 0 Å². The minimum absolute atomic E-state index is 0.466. The Morgan fingerprint density at radius 3 is 2.72 bits per heavy atom. The van der Waals surface area contributed by atoms with Crippen LogP contribution in [0, 0.1) is 12.8 Å². The average molecular weight is 248 g/mol. The minimum Gasteiger partial charge on any atom is -0.493 e. The lowest BCUT2D eigenvalue weighted by atomic mass is 10.0. The molecule has 0 aliphatic heterocycles. The number of rotatable bonds is 5. The molecule has 1 atom stereocenters. The number of aliphatic hydroxyl groups excluding tert-OH is 1. The smallest absolute Gasteiger partial charge is 0.125 e. The Hall–Kier alpha value is -1.02. The summed E-state index contributed by atoms with van der Waals surface area (Å²) in [5.74, 6) is 1.70. The van der Waals surface area contributed by atoms with E-state index in [1.54, 1.807) is 6.92 Å². The van der Waals surface area contributed by atoms with Gasteiger partial charge in [-0.25, -0.2) is 0 Å². The molecule has 1 aromatic rings. The third kappa shape index (κ3) is 3.49. The molecule has 2 rings (SSSR count). The molecule has 1 fully saturated rings. The van der Waals surface area contributed by atoms with E-state index in [0.29, 0.717) is 0 Å². The van der Waals surface area contributed by atoms with Gasteiger partial charge in [-0.2, -0.15) is 0 Å². The van der Waals surface area contributed by atoms with Crippen LogP contribution in [0.4, 0.5) is 0 Å². The molecule has 1 N–H and O–H groups in total. The van der Waals surface area contributed by atoms with Crippen molar-refractivity contribution in [2.24, 2.45) is 5.92 Å². The van der Waals surface area contributed by atoms with Gasteiger partial charge < -0.3 is 9.84 Å². The molecule has 0 bridgehead atoms. The topological polar surface area (TPSA) is 29.5 Å². The third-order valence-corrected chi connectivity index (χ3v) is 3.88. The molecule has 0 aromatic heterocycles. The molecule has 0 spiro atoms. The quantitative estimate of drug-likeness (QED) is 0.853. The lowest BCUT2D eigenvalue weighted by Gasteiger charge is -2.15. The predicted octanol–water partition coefficient (Wildman–Crippen LogP) is 4.01. The van der Waals surface area contributed by atoms with E-state index in [9.17, 15) is 5.11 Å². The fraction of sp³-hybridized carbons (Fsp3) is 0.625. The van der Waals surface area contributed by atoms with Crippen LogP contribution < -0.4 is 4.74 Å². The van der Waals surface area contributed by atoms with E-state index in [2.05, 4.69) is 6.92 Å². The van der Waals surface area contributed by atoms with Gasteiger partial charge in [-0.1, -0.05) is 37.8 Å². The number of aryl methyl sites for hydroxylation is 1. The van der Waals surface area contributed by atoms with E-state index in [-0.39, 0.29) is 0 Å². The Morgan fingerprint density at radius 2 is 2.06 bits per heavy atom. The van der Waals surface area contributed by atoms with Crippen molar-refractivity contribution in [2.45, 2.75) is 52.1 Å². The average Bonchev–Trinajstić information content (AvgIpc) is 2.82. The normalized spacial score (nSPS) is 17.9. The van der Waals surface area contributed by atoms with E-state index in [4.69, 9.17) is 4.74 Å². The summed E-state index contributed by atoms with van der Waals surface area (Å²) in [7, 11) is 0. The van der Waals surface area contributed by atoms with Gasteiger partial charge >= 0.3 is 0 Å². The van der Waals surface area contributed by atoms with Crippen molar-refractivity contribution in [3.8, 4) is 5.75 Å². The SMILES string of the molecule is Cc1ccc(C(C)O)c(OCCC2CCCC2)c1. The highest BCUT2D eigenvalue weighted by Gasteiger charge is 2.15. The number of hydrogen-bond acceptors (Lipinski definition) is 2. The first-order valence-corrected chi connectivity index (χ1v) is 7.08. The van der Waals surface area contributed by atoms with E-state index < -0.39 is 6.10 Å². The molecule has 0 heterocycles. The van der Waals surface area contributed by atoms with E-state index >= 15 is 0 Å². The molecule has 100 valence electrons. The van der Waals surface area contributed by atoms with Gasteiger partial charge in [0.25, 0.3) is 0 Å². The van der Waals surface area contributed by atoms with Crippen molar-refractivity contribution in [1.82, 2.24) is 0 Å². The summed E-state index contributed by atoms with van der Waals surface area (Å²) < 4.78 is 5.88. The number of hydrogen-bond donors (Lipinski definition) is 1. The fourth-order valence-electron chi connectivity index (χ4n) is 2.75. The molecule has 18 heavy (non-hydrogen) atoms. The molecular formula is C16H24O2. The van der Waals surface area contributed by atoms with Gasteiger partial charge in [-0.15, -0.1) is 0 Å². The Balaban J connectivity index is 1.92. The molecule has 0 saturated heterocycles. The highest BCUT2D eigenvalue weighted by molar-refractivity contribution is 5.38. The summed E-state index contributed by atoms with van der Waals surface area (Å²) in [4.78, 5) is 0. The highest BCUT2D eigenvalue weighted by atomic mass is 16.5. The summed E-state index contributed by atoms with van der Waals surface area (Å²) >= 11 is 0. The van der Waals surface area contributed by atoms with Gasteiger partial charge in [0.15, 0.2) is 0 Å². The predicted molar refractivity (Wildman–Crippen MR) is 73.9 cm³/mol. The summed E-state index contributed by atoms with van der Waals surface area (Å²) in [5.41, 5.74) is 2.07. The van der Waals surface area contributed by atoms with Gasteiger partial charge in [0.1, 0.15) is 5.75 Å². The van der Waals surface area contributed by atoms with E-state index in [1.807, 2.05) is 18.2 Å². The van der Waals surface area contributed by atoms with Crippen LogP contribution in [0.15, 0.2) is 18.2 Å². The lowest BCUT2D eigenvalue weighted by molar-refractivity contribution is 0.189. The molecule has 1 saturated carbocycles. The molecule has 1 unspecified atom stereocenters. The second-order valence-corrected chi connectivity index (χ2v) is 5.50. The van der Waals surface area contributed by atoms with Gasteiger partial charge in [0, 0.05) is 5.56 Å². The first kappa shape index (κ1) is 13.4. The van der Waals surface area contributed by atoms with Gasteiger partial charge in [-0.3, -0.25) is 0 Å². The lowest BCUT2D eigenvalue weighted by Crippen LogP contribution is -2.06. The van der Waals surface area contributed by atoms with Crippen LogP contribution in [0.2, 0.25) is 0 Å². The largest absolute Gasteiger partial charge is 0.493 e. The standard InChI is InChI=1S/C16H24O2/c1-12-7-8-15(13(2)17)16(11-12)18-10-9-14-5-3-4-6-14/h7-8,11,13-14,17H,3-6,9-10H2,1-2H3. The zero-order chi connectivity index (χ0) is 13.0. The summed E-state index contributed by atoms with van der Waals surface area (Å²) in [6.07, 6.45) is 6.17.